The Kier molecular flexibility index (Phi) is 4.70. The Bertz CT molecular complexity index is 430. The van der Waals surface area contributed by atoms with Crippen LogP contribution in [0.3, 0.4) is 0 Å². The molecule has 6 heteroatoms. The zero-order valence-electron chi connectivity index (χ0n) is 11.2. The summed E-state index contributed by atoms with van der Waals surface area (Å²) in [7, 11) is 2.13. The van der Waals surface area contributed by atoms with Gasteiger partial charge in [0, 0.05) is 45.3 Å². The van der Waals surface area contributed by atoms with Gasteiger partial charge in [0.2, 0.25) is 0 Å². The van der Waals surface area contributed by atoms with Crippen molar-refractivity contribution in [2.45, 2.75) is 0 Å². The van der Waals surface area contributed by atoms with E-state index in [-0.39, 0.29) is 10.6 Å². The Morgan fingerprint density at radius 3 is 2.63 bits per heavy atom. The summed E-state index contributed by atoms with van der Waals surface area (Å²) in [5, 5.41) is 14.0. The first-order chi connectivity index (χ1) is 9.16. The van der Waals surface area contributed by atoms with Gasteiger partial charge in [-0.15, -0.1) is 0 Å². The van der Waals surface area contributed by atoms with E-state index in [1.807, 2.05) is 6.07 Å². The minimum absolute atomic E-state index is 0.140. The number of rotatable bonds is 5. The fraction of sp³-hybridized carbons (Fsp3) is 0.538. The molecule has 1 saturated heterocycles. The van der Waals surface area contributed by atoms with Crippen LogP contribution in [0, 0.1) is 10.1 Å². The first kappa shape index (κ1) is 13.8. The standard InChI is InChI=1S/C13H20N4O2/c1-15-8-10-16(11-9-15)7-6-14-12-4-2-3-5-13(12)17(18)19/h2-5,14H,6-11H2,1H3. The van der Waals surface area contributed by atoms with Gasteiger partial charge >= 0.3 is 0 Å². The molecule has 19 heavy (non-hydrogen) atoms. The molecule has 104 valence electrons. The number of nitrogens with zero attached hydrogens (tertiary/aromatic N) is 3. The number of piperazine rings is 1. The summed E-state index contributed by atoms with van der Waals surface area (Å²) in [6.45, 7) is 5.95. The molecule has 1 fully saturated rings. The zero-order chi connectivity index (χ0) is 13.7. The van der Waals surface area contributed by atoms with Crippen molar-refractivity contribution in [3.63, 3.8) is 0 Å². The van der Waals surface area contributed by atoms with Crippen LogP contribution >= 0.6 is 0 Å². The van der Waals surface area contributed by atoms with Crippen molar-refractivity contribution in [3.8, 4) is 0 Å². The van der Waals surface area contributed by atoms with E-state index >= 15 is 0 Å². The molecule has 0 spiro atoms. The Hall–Kier alpha value is -1.66. The van der Waals surface area contributed by atoms with Crippen LogP contribution in [-0.2, 0) is 0 Å². The molecule has 1 heterocycles. The van der Waals surface area contributed by atoms with E-state index in [1.54, 1.807) is 12.1 Å². The van der Waals surface area contributed by atoms with E-state index in [1.165, 1.54) is 6.07 Å². The molecule has 1 aliphatic rings. The number of nitro groups is 1. The Labute approximate surface area is 113 Å². The second-order valence-electron chi connectivity index (χ2n) is 4.85. The monoisotopic (exact) mass is 264 g/mol. The molecule has 0 saturated carbocycles. The van der Waals surface area contributed by atoms with E-state index < -0.39 is 0 Å². The number of para-hydroxylation sites is 2. The Morgan fingerprint density at radius 2 is 1.95 bits per heavy atom. The van der Waals surface area contributed by atoms with Crippen LogP contribution in [0.2, 0.25) is 0 Å². The van der Waals surface area contributed by atoms with Crippen LogP contribution in [0.25, 0.3) is 0 Å². The van der Waals surface area contributed by atoms with Crippen molar-refractivity contribution in [2.75, 3.05) is 51.6 Å². The summed E-state index contributed by atoms with van der Waals surface area (Å²) >= 11 is 0. The van der Waals surface area contributed by atoms with Crippen molar-refractivity contribution in [1.82, 2.24) is 9.80 Å². The highest BCUT2D eigenvalue weighted by atomic mass is 16.6. The largest absolute Gasteiger partial charge is 0.378 e. The third kappa shape index (κ3) is 3.90. The average molecular weight is 264 g/mol. The fourth-order valence-electron chi connectivity index (χ4n) is 2.20. The highest BCUT2D eigenvalue weighted by molar-refractivity contribution is 5.60. The van der Waals surface area contributed by atoms with Gasteiger partial charge in [-0.2, -0.15) is 0 Å². The summed E-state index contributed by atoms with van der Waals surface area (Å²) < 4.78 is 0. The molecule has 0 aliphatic carbocycles. The minimum Gasteiger partial charge on any atom is -0.378 e. The first-order valence-corrected chi connectivity index (χ1v) is 6.55. The average Bonchev–Trinajstić information content (AvgIpc) is 2.41. The molecule has 0 amide bonds. The molecular weight excluding hydrogens is 244 g/mol. The summed E-state index contributed by atoms with van der Waals surface area (Å²) in [4.78, 5) is 15.2. The second-order valence-corrected chi connectivity index (χ2v) is 4.85. The van der Waals surface area contributed by atoms with Gasteiger partial charge in [0.15, 0.2) is 0 Å². The van der Waals surface area contributed by atoms with Crippen LogP contribution in [0.1, 0.15) is 0 Å². The molecule has 0 bridgehead atoms. The molecule has 1 aliphatic heterocycles. The number of likely N-dealkylation sites (N-methyl/N-ethyl adjacent to an activating group) is 1. The van der Waals surface area contributed by atoms with Gasteiger partial charge in [-0.25, -0.2) is 0 Å². The van der Waals surface area contributed by atoms with Gasteiger partial charge in [0.1, 0.15) is 5.69 Å². The lowest BCUT2D eigenvalue weighted by atomic mass is 10.2. The lowest BCUT2D eigenvalue weighted by molar-refractivity contribution is -0.384. The van der Waals surface area contributed by atoms with Crippen molar-refractivity contribution in [1.29, 1.82) is 0 Å². The van der Waals surface area contributed by atoms with E-state index in [9.17, 15) is 10.1 Å². The van der Waals surface area contributed by atoms with Gasteiger partial charge in [-0.3, -0.25) is 15.0 Å². The number of anilines is 1. The highest BCUT2D eigenvalue weighted by Gasteiger charge is 2.14. The van der Waals surface area contributed by atoms with Crippen LogP contribution in [0.4, 0.5) is 11.4 Å². The van der Waals surface area contributed by atoms with Gasteiger partial charge in [-0.1, -0.05) is 12.1 Å². The number of nitro benzene ring substituents is 1. The maximum Gasteiger partial charge on any atom is 0.292 e. The molecule has 0 radical (unpaired) electrons. The summed E-state index contributed by atoms with van der Waals surface area (Å²) in [5.41, 5.74) is 0.738. The smallest absolute Gasteiger partial charge is 0.292 e. The third-order valence-corrected chi connectivity index (χ3v) is 3.44. The Morgan fingerprint density at radius 1 is 1.26 bits per heavy atom. The van der Waals surface area contributed by atoms with Crippen molar-refractivity contribution in [2.24, 2.45) is 0 Å². The zero-order valence-corrected chi connectivity index (χ0v) is 11.2. The molecule has 1 aromatic rings. The molecule has 1 N–H and O–H groups in total. The minimum atomic E-state index is -0.349. The maximum atomic E-state index is 10.9. The molecular formula is C13H20N4O2. The van der Waals surface area contributed by atoms with Crippen molar-refractivity contribution in [3.05, 3.63) is 34.4 Å². The summed E-state index contributed by atoms with van der Waals surface area (Å²) in [6.07, 6.45) is 0. The second kappa shape index (κ2) is 6.49. The molecule has 0 atom stereocenters. The quantitative estimate of drug-likeness (QED) is 0.640. The predicted octanol–water partition coefficient (Wildman–Crippen LogP) is 1.25. The fourth-order valence-corrected chi connectivity index (χ4v) is 2.20. The number of hydrogen-bond acceptors (Lipinski definition) is 5. The highest BCUT2D eigenvalue weighted by Crippen LogP contribution is 2.22. The SMILES string of the molecule is CN1CCN(CCNc2ccccc2[N+](=O)[O-])CC1. The van der Waals surface area contributed by atoms with Gasteiger partial charge < -0.3 is 10.2 Å². The van der Waals surface area contributed by atoms with Crippen molar-refractivity contribution < 1.29 is 4.92 Å². The number of hydrogen-bond donors (Lipinski definition) is 1. The third-order valence-electron chi connectivity index (χ3n) is 3.44. The van der Waals surface area contributed by atoms with E-state index in [2.05, 4.69) is 22.2 Å². The van der Waals surface area contributed by atoms with E-state index in [0.29, 0.717) is 5.69 Å². The van der Waals surface area contributed by atoms with Gasteiger partial charge in [0.05, 0.1) is 4.92 Å². The van der Waals surface area contributed by atoms with E-state index in [0.717, 1.165) is 39.3 Å². The molecule has 2 rings (SSSR count). The number of nitrogens with one attached hydrogen (secondary N) is 1. The van der Waals surface area contributed by atoms with Crippen molar-refractivity contribution >= 4 is 11.4 Å². The van der Waals surface area contributed by atoms with Crippen LogP contribution in [-0.4, -0.2) is 61.0 Å². The Balaban J connectivity index is 1.81. The predicted molar refractivity (Wildman–Crippen MR) is 75.5 cm³/mol. The molecule has 0 aromatic heterocycles. The maximum absolute atomic E-state index is 10.9. The van der Waals surface area contributed by atoms with Crippen LogP contribution in [0.5, 0.6) is 0 Å². The number of benzene rings is 1. The summed E-state index contributed by atoms with van der Waals surface area (Å²) in [5.74, 6) is 0. The van der Waals surface area contributed by atoms with Crippen LogP contribution in [0.15, 0.2) is 24.3 Å². The topological polar surface area (TPSA) is 61.6 Å². The lowest BCUT2D eigenvalue weighted by Crippen LogP contribution is -2.45. The first-order valence-electron chi connectivity index (χ1n) is 6.55. The lowest BCUT2D eigenvalue weighted by Gasteiger charge is -2.32. The molecule has 0 unspecified atom stereocenters. The van der Waals surface area contributed by atoms with Gasteiger partial charge in [0.25, 0.3) is 5.69 Å². The van der Waals surface area contributed by atoms with E-state index in [4.69, 9.17) is 0 Å². The summed E-state index contributed by atoms with van der Waals surface area (Å²) in [6, 6.07) is 6.77. The van der Waals surface area contributed by atoms with Crippen LogP contribution < -0.4 is 5.32 Å². The van der Waals surface area contributed by atoms with Gasteiger partial charge in [-0.05, 0) is 13.1 Å². The molecule has 6 nitrogen and oxygen atoms in total. The normalized spacial score (nSPS) is 17.3. The molecule has 1 aromatic carbocycles.